The van der Waals surface area contributed by atoms with Gasteiger partial charge in [0.1, 0.15) is 17.5 Å². The second-order valence-electron chi connectivity index (χ2n) is 6.43. The molecule has 1 saturated carbocycles. The molecule has 0 aliphatic heterocycles. The average Bonchev–Trinajstić information content (AvgIpc) is 3.06. The van der Waals surface area contributed by atoms with E-state index in [1.165, 1.54) is 12.8 Å². The third kappa shape index (κ3) is 2.74. The number of rotatable bonds is 3. The van der Waals surface area contributed by atoms with Crippen LogP contribution in [0.3, 0.4) is 0 Å². The Hall–Kier alpha value is -1.32. The predicted octanol–water partition coefficient (Wildman–Crippen LogP) is 2.88. The maximum absolute atomic E-state index is 5.99. The quantitative estimate of drug-likeness (QED) is 0.863. The summed E-state index contributed by atoms with van der Waals surface area (Å²) in [7, 11) is 0. The predicted molar refractivity (Wildman–Crippen MR) is 75.7 cm³/mol. The standard InChI is InChI=1S/C14H24N4/c1-8-11(15)17-13(14(3,4)5)18-12(8)16-9(2)10-6-7-10/h9-10H,6-7H2,1-5H3,(H3,15,16,17,18). The van der Waals surface area contributed by atoms with E-state index in [1.54, 1.807) is 0 Å². The van der Waals surface area contributed by atoms with E-state index in [0.29, 0.717) is 11.9 Å². The zero-order valence-electron chi connectivity index (χ0n) is 12.0. The minimum atomic E-state index is -0.0823. The molecule has 0 saturated heterocycles. The monoisotopic (exact) mass is 248 g/mol. The maximum Gasteiger partial charge on any atom is 0.138 e. The highest BCUT2D eigenvalue weighted by Gasteiger charge is 2.29. The van der Waals surface area contributed by atoms with Crippen LogP contribution < -0.4 is 11.1 Å². The van der Waals surface area contributed by atoms with Crippen LogP contribution in [0.2, 0.25) is 0 Å². The average molecular weight is 248 g/mol. The van der Waals surface area contributed by atoms with Gasteiger partial charge in [-0.3, -0.25) is 0 Å². The molecule has 1 heterocycles. The van der Waals surface area contributed by atoms with Crippen LogP contribution >= 0.6 is 0 Å². The van der Waals surface area contributed by atoms with E-state index >= 15 is 0 Å². The molecule has 4 heteroatoms. The molecule has 1 atom stereocenters. The van der Waals surface area contributed by atoms with E-state index in [2.05, 4.69) is 43.0 Å². The number of anilines is 2. The molecule has 1 unspecified atom stereocenters. The van der Waals surface area contributed by atoms with Crippen molar-refractivity contribution in [2.24, 2.45) is 5.92 Å². The van der Waals surface area contributed by atoms with Gasteiger partial charge in [0.25, 0.3) is 0 Å². The number of aromatic nitrogens is 2. The SMILES string of the molecule is Cc1c(N)nc(C(C)(C)C)nc1NC(C)C1CC1. The molecule has 0 spiro atoms. The van der Waals surface area contributed by atoms with Gasteiger partial charge in [-0.05, 0) is 32.6 Å². The highest BCUT2D eigenvalue weighted by Crippen LogP contribution is 2.34. The van der Waals surface area contributed by atoms with Crippen molar-refractivity contribution in [2.75, 3.05) is 11.1 Å². The van der Waals surface area contributed by atoms with E-state index in [-0.39, 0.29) is 5.41 Å². The lowest BCUT2D eigenvalue weighted by Gasteiger charge is -2.21. The van der Waals surface area contributed by atoms with E-state index in [0.717, 1.165) is 23.1 Å². The molecule has 1 aliphatic carbocycles. The van der Waals surface area contributed by atoms with Crippen molar-refractivity contribution in [3.63, 3.8) is 0 Å². The van der Waals surface area contributed by atoms with Crippen molar-refractivity contribution >= 4 is 11.6 Å². The molecule has 4 nitrogen and oxygen atoms in total. The van der Waals surface area contributed by atoms with Gasteiger partial charge >= 0.3 is 0 Å². The Labute approximate surface area is 109 Å². The summed E-state index contributed by atoms with van der Waals surface area (Å²) in [5.74, 6) is 3.07. The van der Waals surface area contributed by atoms with Crippen molar-refractivity contribution in [1.82, 2.24) is 9.97 Å². The van der Waals surface area contributed by atoms with E-state index < -0.39 is 0 Å². The topological polar surface area (TPSA) is 63.8 Å². The second kappa shape index (κ2) is 4.41. The molecule has 0 aromatic carbocycles. The zero-order valence-corrected chi connectivity index (χ0v) is 12.0. The molecule has 0 radical (unpaired) electrons. The molecule has 0 bridgehead atoms. The highest BCUT2D eigenvalue weighted by atomic mass is 15.1. The second-order valence-corrected chi connectivity index (χ2v) is 6.43. The van der Waals surface area contributed by atoms with Crippen LogP contribution in [-0.2, 0) is 5.41 Å². The van der Waals surface area contributed by atoms with Crippen LogP contribution in [0, 0.1) is 12.8 Å². The Bertz CT molecular complexity index is 444. The van der Waals surface area contributed by atoms with Gasteiger partial charge in [0.2, 0.25) is 0 Å². The summed E-state index contributed by atoms with van der Waals surface area (Å²) >= 11 is 0. The largest absolute Gasteiger partial charge is 0.383 e. The summed E-state index contributed by atoms with van der Waals surface area (Å²) in [5, 5.41) is 3.49. The van der Waals surface area contributed by atoms with Crippen LogP contribution in [0.4, 0.5) is 11.6 Å². The Morgan fingerprint density at radius 2 is 1.89 bits per heavy atom. The minimum Gasteiger partial charge on any atom is -0.383 e. The van der Waals surface area contributed by atoms with Crippen molar-refractivity contribution < 1.29 is 0 Å². The Morgan fingerprint density at radius 1 is 1.28 bits per heavy atom. The maximum atomic E-state index is 5.99. The summed E-state index contributed by atoms with van der Waals surface area (Å²) in [5.41, 5.74) is 6.87. The van der Waals surface area contributed by atoms with Crippen LogP contribution in [0.5, 0.6) is 0 Å². The first-order valence-corrected chi connectivity index (χ1v) is 6.70. The summed E-state index contributed by atoms with van der Waals surface area (Å²) in [6, 6.07) is 0.464. The first-order chi connectivity index (χ1) is 8.29. The van der Waals surface area contributed by atoms with Gasteiger partial charge in [-0.2, -0.15) is 0 Å². The lowest BCUT2D eigenvalue weighted by atomic mass is 9.95. The van der Waals surface area contributed by atoms with Gasteiger partial charge in [-0.25, -0.2) is 9.97 Å². The number of nitrogens with two attached hydrogens (primary N) is 1. The van der Waals surface area contributed by atoms with E-state index in [1.807, 2.05) is 6.92 Å². The van der Waals surface area contributed by atoms with Gasteiger partial charge in [0.05, 0.1) is 0 Å². The molecule has 100 valence electrons. The fourth-order valence-electron chi connectivity index (χ4n) is 1.94. The number of nitrogen functional groups attached to an aromatic ring is 1. The first kappa shape index (κ1) is 13.1. The Morgan fingerprint density at radius 3 is 2.39 bits per heavy atom. The molecule has 2 rings (SSSR count). The lowest BCUT2D eigenvalue weighted by molar-refractivity contribution is 0.545. The Balaban J connectivity index is 2.30. The number of hydrogen-bond acceptors (Lipinski definition) is 4. The van der Waals surface area contributed by atoms with Gasteiger partial charge in [-0.1, -0.05) is 20.8 Å². The third-order valence-electron chi connectivity index (χ3n) is 3.55. The number of nitrogens with zero attached hydrogens (tertiary/aromatic N) is 2. The molecule has 3 N–H and O–H groups in total. The summed E-state index contributed by atoms with van der Waals surface area (Å²) < 4.78 is 0. The summed E-state index contributed by atoms with van der Waals surface area (Å²) in [4.78, 5) is 9.05. The summed E-state index contributed by atoms with van der Waals surface area (Å²) in [6.07, 6.45) is 2.64. The molecule has 1 aliphatic rings. The van der Waals surface area contributed by atoms with Crippen LogP contribution in [-0.4, -0.2) is 16.0 Å². The van der Waals surface area contributed by atoms with Crippen molar-refractivity contribution in [3.8, 4) is 0 Å². The third-order valence-corrected chi connectivity index (χ3v) is 3.55. The fourth-order valence-corrected chi connectivity index (χ4v) is 1.94. The molecule has 1 fully saturated rings. The molecule has 1 aromatic heterocycles. The smallest absolute Gasteiger partial charge is 0.138 e. The highest BCUT2D eigenvalue weighted by molar-refractivity contribution is 5.55. The lowest BCUT2D eigenvalue weighted by Crippen LogP contribution is -2.23. The van der Waals surface area contributed by atoms with Crippen molar-refractivity contribution in [3.05, 3.63) is 11.4 Å². The van der Waals surface area contributed by atoms with Gasteiger partial charge in [0, 0.05) is 17.0 Å². The molecular formula is C14H24N4. The van der Waals surface area contributed by atoms with Crippen LogP contribution in [0.1, 0.15) is 51.9 Å². The van der Waals surface area contributed by atoms with Gasteiger partial charge in [-0.15, -0.1) is 0 Å². The molecule has 0 amide bonds. The molecular weight excluding hydrogens is 224 g/mol. The normalized spacial score (nSPS) is 17.6. The van der Waals surface area contributed by atoms with E-state index in [4.69, 9.17) is 5.73 Å². The molecule has 18 heavy (non-hydrogen) atoms. The number of nitrogens with one attached hydrogen (secondary N) is 1. The van der Waals surface area contributed by atoms with Crippen molar-refractivity contribution in [1.29, 1.82) is 0 Å². The van der Waals surface area contributed by atoms with Crippen LogP contribution in [0.25, 0.3) is 0 Å². The molecule has 1 aromatic rings. The van der Waals surface area contributed by atoms with E-state index in [9.17, 15) is 0 Å². The summed E-state index contributed by atoms with van der Waals surface area (Å²) in [6.45, 7) is 10.5. The zero-order chi connectivity index (χ0) is 13.5. The van der Waals surface area contributed by atoms with Crippen LogP contribution in [0.15, 0.2) is 0 Å². The Kier molecular flexibility index (Phi) is 3.21. The van der Waals surface area contributed by atoms with Crippen molar-refractivity contribution in [2.45, 2.75) is 58.9 Å². The van der Waals surface area contributed by atoms with Gasteiger partial charge in [0.15, 0.2) is 0 Å². The first-order valence-electron chi connectivity index (χ1n) is 6.70. The number of hydrogen-bond donors (Lipinski definition) is 2. The minimum absolute atomic E-state index is 0.0823. The van der Waals surface area contributed by atoms with Gasteiger partial charge < -0.3 is 11.1 Å². The fraction of sp³-hybridized carbons (Fsp3) is 0.714.